The van der Waals surface area contributed by atoms with E-state index in [0.717, 1.165) is 5.41 Å². The van der Waals surface area contributed by atoms with Gasteiger partial charge in [-0.2, -0.15) is 0 Å². The summed E-state index contributed by atoms with van der Waals surface area (Å²) in [7, 11) is -3.53. The molecule has 108 valence electrons. The van der Waals surface area contributed by atoms with Gasteiger partial charge in [0.15, 0.2) is 0 Å². The van der Waals surface area contributed by atoms with E-state index in [4.69, 9.17) is 4.74 Å². The SMILES string of the molecule is CC=CS(=O)(=O)c1c[nH]c2ncnc(OCC(C)C)c12. The van der Waals surface area contributed by atoms with E-state index in [-0.39, 0.29) is 10.8 Å². The van der Waals surface area contributed by atoms with Crippen LogP contribution in [0.3, 0.4) is 0 Å². The largest absolute Gasteiger partial charge is 0.477 e. The summed E-state index contributed by atoms with van der Waals surface area (Å²) in [5.74, 6) is 0.600. The molecule has 0 aromatic carbocycles. The van der Waals surface area contributed by atoms with E-state index in [0.29, 0.717) is 23.6 Å². The predicted molar refractivity (Wildman–Crippen MR) is 76.2 cm³/mol. The van der Waals surface area contributed by atoms with Crippen molar-refractivity contribution in [1.29, 1.82) is 0 Å². The van der Waals surface area contributed by atoms with Crippen molar-refractivity contribution in [3.05, 3.63) is 24.0 Å². The van der Waals surface area contributed by atoms with E-state index in [2.05, 4.69) is 15.0 Å². The Morgan fingerprint density at radius 1 is 1.40 bits per heavy atom. The van der Waals surface area contributed by atoms with Gasteiger partial charge in [-0.25, -0.2) is 18.4 Å². The second kappa shape index (κ2) is 5.62. The molecule has 0 aliphatic carbocycles. The summed E-state index contributed by atoms with van der Waals surface area (Å²) in [5.41, 5.74) is 0.446. The van der Waals surface area contributed by atoms with Crippen LogP contribution in [0, 0.1) is 5.92 Å². The van der Waals surface area contributed by atoms with Gasteiger partial charge in [0.05, 0.1) is 12.0 Å². The Kier molecular flexibility index (Phi) is 4.08. The Labute approximate surface area is 117 Å². The first kappa shape index (κ1) is 14.5. The average molecular weight is 295 g/mol. The van der Waals surface area contributed by atoms with E-state index < -0.39 is 9.84 Å². The molecule has 0 atom stereocenters. The van der Waals surface area contributed by atoms with Gasteiger partial charge >= 0.3 is 0 Å². The molecule has 0 aliphatic rings. The normalized spacial score (nSPS) is 12.6. The zero-order valence-electron chi connectivity index (χ0n) is 11.6. The molecule has 7 heteroatoms. The van der Waals surface area contributed by atoms with Crippen LogP contribution in [0.15, 0.2) is 28.9 Å². The van der Waals surface area contributed by atoms with Crippen LogP contribution < -0.4 is 4.74 Å². The van der Waals surface area contributed by atoms with Gasteiger partial charge in [0.25, 0.3) is 0 Å². The Morgan fingerprint density at radius 3 is 2.80 bits per heavy atom. The van der Waals surface area contributed by atoms with Crippen LogP contribution >= 0.6 is 0 Å². The molecule has 0 bridgehead atoms. The molecule has 0 amide bonds. The summed E-state index contributed by atoms with van der Waals surface area (Å²) in [6, 6.07) is 0. The Balaban J connectivity index is 2.58. The van der Waals surface area contributed by atoms with Crippen molar-refractivity contribution in [2.45, 2.75) is 25.7 Å². The molecule has 6 nitrogen and oxygen atoms in total. The highest BCUT2D eigenvalue weighted by Gasteiger charge is 2.21. The highest BCUT2D eigenvalue weighted by atomic mass is 32.2. The van der Waals surface area contributed by atoms with Gasteiger partial charge in [0.1, 0.15) is 16.9 Å². The maximum Gasteiger partial charge on any atom is 0.227 e. The van der Waals surface area contributed by atoms with Crippen LogP contribution in [0.2, 0.25) is 0 Å². The fourth-order valence-electron chi connectivity index (χ4n) is 1.74. The maximum atomic E-state index is 12.2. The summed E-state index contributed by atoms with van der Waals surface area (Å²) in [4.78, 5) is 11.0. The number of fused-ring (bicyclic) bond motifs is 1. The summed E-state index contributed by atoms with van der Waals surface area (Å²) in [6.07, 6.45) is 4.24. The molecule has 0 saturated heterocycles. The first-order valence-corrected chi connectivity index (χ1v) is 7.83. The van der Waals surface area contributed by atoms with E-state index in [1.165, 1.54) is 18.6 Å². The molecular weight excluding hydrogens is 278 g/mol. The third-order valence-electron chi connectivity index (χ3n) is 2.57. The van der Waals surface area contributed by atoms with Gasteiger partial charge in [-0.05, 0) is 12.8 Å². The van der Waals surface area contributed by atoms with Gasteiger partial charge in [0.2, 0.25) is 15.7 Å². The highest BCUT2D eigenvalue weighted by molar-refractivity contribution is 7.94. The second-order valence-corrected chi connectivity index (χ2v) is 6.58. The minimum atomic E-state index is -3.53. The fraction of sp³-hybridized carbons (Fsp3) is 0.385. The molecule has 0 saturated carbocycles. The van der Waals surface area contributed by atoms with Crippen molar-refractivity contribution in [2.75, 3.05) is 6.61 Å². The number of allylic oxidation sites excluding steroid dienone is 1. The molecule has 2 rings (SSSR count). The van der Waals surface area contributed by atoms with Crippen molar-refractivity contribution in [3.63, 3.8) is 0 Å². The minimum absolute atomic E-state index is 0.130. The van der Waals surface area contributed by atoms with Crippen molar-refractivity contribution in [3.8, 4) is 5.88 Å². The van der Waals surface area contributed by atoms with Crippen LogP contribution in [-0.4, -0.2) is 30.0 Å². The van der Waals surface area contributed by atoms with Crippen LogP contribution in [0.1, 0.15) is 20.8 Å². The molecule has 2 aromatic rings. The number of ether oxygens (including phenoxy) is 1. The molecule has 0 fully saturated rings. The summed E-state index contributed by atoms with van der Waals surface area (Å²) >= 11 is 0. The summed E-state index contributed by atoms with van der Waals surface area (Å²) in [6.45, 7) is 6.12. The first-order valence-electron chi connectivity index (χ1n) is 6.28. The maximum absolute atomic E-state index is 12.2. The molecule has 0 spiro atoms. The number of hydrogen-bond donors (Lipinski definition) is 1. The molecule has 20 heavy (non-hydrogen) atoms. The molecule has 2 heterocycles. The van der Waals surface area contributed by atoms with E-state index in [1.54, 1.807) is 6.92 Å². The smallest absolute Gasteiger partial charge is 0.227 e. The Morgan fingerprint density at radius 2 is 2.15 bits per heavy atom. The van der Waals surface area contributed by atoms with Crippen LogP contribution in [0.25, 0.3) is 11.0 Å². The quantitative estimate of drug-likeness (QED) is 0.914. The van der Waals surface area contributed by atoms with Gasteiger partial charge in [0, 0.05) is 11.6 Å². The fourth-order valence-corrected chi connectivity index (χ4v) is 2.94. The van der Waals surface area contributed by atoms with Gasteiger partial charge in [-0.3, -0.25) is 0 Å². The van der Waals surface area contributed by atoms with Crippen molar-refractivity contribution < 1.29 is 13.2 Å². The third kappa shape index (κ3) is 2.82. The van der Waals surface area contributed by atoms with E-state index in [9.17, 15) is 8.42 Å². The molecule has 0 radical (unpaired) electrons. The number of hydrogen-bond acceptors (Lipinski definition) is 5. The minimum Gasteiger partial charge on any atom is -0.477 e. The van der Waals surface area contributed by atoms with Crippen molar-refractivity contribution in [2.24, 2.45) is 5.92 Å². The Hall–Kier alpha value is -1.89. The standard InChI is InChI=1S/C13H17N3O3S/c1-4-5-20(17,18)10-6-14-12-11(10)13(16-8-15-12)19-7-9(2)3/h4-6,8-9H,7H2,1-3H3,(H,14,15,16). The monoisotopic (exact) mass is 295 g/mol. The number of aromatic amines is 1. The lowest BCUT2D eigenvalue weighted by atomic mass is 10.2. The van der Waals surface area contributed by atoms with Gasteiger partial charge < -0.3 is 9.72 Å². The lowest BCUT2D eigenvalue weighted by Gasteiger charge is -2.08. The zero-order chi connectivity index (χ0) is 14.8. The predicted octanol–water partition coefficient (Wildman–Crippen LogP) is 2.30. The molecule has 0 unspecified atom stereocenters. The van der Waals surface area contributed by atoms with E-state index in [1.807, 2.05) is 13.8 Å². The van der Waals surface area contributed by atoms with E-state index >= 15 is 0 Å². The lowest BCUT2D eigenvalue weighted by molar-refractivity contribution is 0.264. The average Bonchev–Trinajstić information content (AvgIpc) is 2.81. The number of aromatic nitrogens is 3. The molecular formula is C13H17N3O3S. The second-order valence-electron chi connectivity index (χ2n) is 4.77. The highest BCUT2D eigenvalue weighted by Crippen LogP contribution is 2.29. The lowest BCUT2D eigenvalue weighted by Crippen LogP contribution is -2.07. The number of sulfone groups is 1. The van der Waals surface area contributed by atoms with Crippen molar-refractivity contribution >= 4 is 20.9 Å². The van der Waals surface area contributed by atoms with Crippen LogP contribution in [0.5, 0.6) is 5.88 Å². The number of H-pyrrole nitrogens is 1. The van der Waals surface area contributed by atoms with Crippen LogP contribution in [0.4, 0.5) is 0 Å². The number of nitrogens with one attached hydrogen (secondary N) is 1. The van der Waals surface area contributed by atoms with Gasteiger partial charge in [-0.15, -0.1) is 0 Å². The number of rotatable bonds is 5. The first-order chi connectivity index (χ1) is 9.45. The van der Waals surface area contributed by atoms with Gasteiger partial charge in [-0.1, -0.05) is 19.9 Å². The van der Waals surface area contributed by atoms with Crippen LogP contribution in [-0.2, 0) is 9.84 Å². The summed E-state index contributed by atoms with van der Waals surface area (Å²) in [5, 5.41) is 1.54. The third-order valence-corrected chi connectivity index (χ3v) is 4.14. The molecule has 0 aliphatic heterocycles. The van der Waals surface area contributed by atoms with Crippen molar-refractivity contribution in [1.82, 2.24) is 15.0 Å². The Bertz CT molecular complexity index is 732. The summed E-state index contributed by atoms with van der Waals surface area (Å²) < 4.78 is 30.0. The topological polar surface area (TPSA) is 84.9 Å². The molecule has 2 aromatic heterocycles. The molecule has 1 N–H and O–H groups in total. The number of nitrogens with zero attached hydrogens (tertiary/aromatic N) is 2. The zero-order valence-corrected chi connectivity index (χ0v) is 12.4.